The van der Waals surface area contributed by atoms with Crippen molar-refractivity contribution in [2.45, 2.75) is 72.3 Å². The number of ether oxygens (including phenoxy) is 1. The Bertz CT molecular complexity index is 395. The maximum Gasteiger partial charge on any atom is 0.309 e. The largest absolute Gasteiger partial charge is 0.461 e. The third-order valence-corrected chi connectivity index (χ3v) is 3.96. The van der Waals surface area contributed by atoms with E-state index in [4.69, 9.17) is 4.74 Å². The molecule has 1 atom stereocenters. The van der Waals surface area contributed by atoms with Crippen LogP contribution in [0.2, 0.25) is 0 Å². The third-order valence-electron chi connectivity index (χ3n) is 3.96. The summed E-state index contributed by atoms with van der Waals surface area (Å²) in [6.45, 7) is 6.81. The molecule has 1 rings (SSSR count). The van der Waals surface area contributed by atoms with E-state index in [-0.39, 0.29) is 11.9 Å². The van der Waals surface area contributed by atoms with E-state index in [0.29, 0.717) is 6.61 Å². The first-order chi connectivity index (χ1) is 10.2. The van der Waals surface area contributed by atoms with E-state index in [1.807, 2.05) is 0 Å². The summed E-state index contributed by atoms with van der Waals surface area (Å²) in [5.74, 6) is 0.0230. The van der Waals surface area contributed by atoms with E-state index in [2.05, 4.69) is 45.0 Å². The molecule has 0 N–H and O–H groups in total. The lowest BCUT2D eigenvalue weighted by Crippen LogP contribution is -2.17. The first kappa shape index (κ1) is 17.7. The molecule has 0 bridgehead atoms. The van der Waals surface area contributed by atoms with Gasteiger partial charge < -0.3 is 4.74 Å². The predicted octanol–water partition coefficient (Wildman–Crippen LogP) is 5.29. The van der Waals surface area contributed by atoms with Gasteiger partial charge in [0.05, 0.1) is 5.92 Å². The van der Waals surface area contributed by atoms with Crippen molar-refractivity contribution < 1.29 is 9.53 Å². The van der Waals surface area contributed by atoms with Gasteiger partial charge in [-0.1, -0.05) is 64.3 Å². The molecule has 0 spiro atoms. The quantitative estimate of drug-likeness (QED) is 0.547. The Morgan fingerprint density at radius 3 is 2.19 bits per heavy atom. The summed E-state index contributed by atoms with van der Waals surface area (Å²) >= 11 is 0. The highest BCUT2D eigenvalue weighted by molar-refractivity contribution is 5.72. The monoisotopic (exact) mass is 290 g/mol. The zero-order valence-corrected chi connectivity index (χ0v) is 13.9. The second-order valence-corrected chi connectivity index (χ2v) is 5.78. The van der Waals surface area contributed by atoms with Crippen LogP contribution in [-0.2, 0) is 22.6 Å². The van der Waals surface area contributed by atoms with Crippen LogP contribution in [0.1, 0.15) is 70.4 Å². The molecule has 0 aliphatic heterocycles. The van der Waals surface area contributed by atoms with Gasteiger partial charge in [0.25, 0.3) is 0 Å². The van der Waals surface area contributed by atoms with Gasteiger partial charge in [-0.2, -0.15) is 0 Å². The van der Waals surface area contributed by atoms with E-state index in [1.54, 1.807) is 0 Å². The van der Waals surface area contributed by atoms with Gasteiger partial charge in [-0.05, 0) is 36.8 Å². The smallest absolute Gasteiger partial charge is 0.309 e. The van der Waals surface area contributed by atoms with Crippen LogP contribution in [0.3, 0.4) is 0 Å². The Kier molecular flexibility index (Phi) is 8.80. The van der Waals surface area contributed by atoms with Crippen LogP contribution in [-0.4, -0.2) is 5.97 Å². The number of unbranched alkanes of at least 4 members (excludes halogenated alkanes) is 2. The van der Waals surface area contributed by atoms with E-state index in [0.717, 1.165) is 37.7 Å². The number of benzene rings is 1. The van der Waals surface area contributed by atoms with E-state index in [9.17, 15) is 4.79 Å². The molecule has 0 fully saturated rings. The van der Waals surface area contributed by atoms with E-state index < -0.39 is 0 Å². The second kappa shape index (κ2) is 10.4. The van der Waals surface area contributed by atoms with Crippen LogP contribution in [0.15, 0.2) is 24.3 Å². The summed E-state index contributed by atoms with van der Waals surface area (Å²) in [6, 6.07) is 8.44. The maximum absolute atomic E-state index is 12.0. The Hall–Kier alpha value is -1.31. The third kappa shape index (κ3) is 6.79. The van der Waals surface area contributed by atoms with Crippen LogP contribution < -0.4 is 0 Å². The number of hydrogen-bond donors (Lipinski definition) is 0. The lowest BCUT2D eigenvalue weighted by atomic mass is 10.00. The second-order valence-electron chi connectivity index (χ2n) is 5.78. The number of carbonyl (C=O) groups is 1. The van der Waals surface area contributed by atoms with Crippen molar-refractivity contribution in [2.75, 3.05) is 0 Å². The maximum atomic E-state index is 12.0. The average Bonchev–Trinajstić information content (AvgIpc) is 2.52. The van der Waals surface area contributed by atoms with Crippen molar-refractivity contribution in [1.82, 2.24) is 0 Å². The Balaban J connectivity index is 2.41. The summed E-state index contributed by atoms with van der Waals surface area (Å²) in [5, 5.41) is 0. The van der Waals surface area contributed by atoms with Gasteiger partial charge in [0.15, 0.2) is 0 Å². The zero-order chi connectivity index (χ0) is 15.5. The highest BCUT2D eigenvalue weighted by Gasteiger charge is 2.17. The fourth-order valence-corrected chi connectivity index (χ4v) is 2.39. The van der Waals surface area contributed by atoms with Gasteiger partial charge >= 0.3 is 5.97 Å². The lowest BCUT2D eigenvalue weighted by molar-refractivity contribution is -0.150. The molecule has 0 radical (unpaired) electrons. The van der Waals surface area contributed by atoms with Crippen molar-refractivity contribution in [2.24, 2.45) is 5.92 Å². The van der Waals surface area contributed by atoms with E-state index in [1.165, 1.54) is 18.4 Å². The van der Waals surface area contributed by atoms with Gasteiger partial charge in [-0.3, -0.25) is 4.79 Å². The minimum atomic E-state index is -0.0407. The molecule has 1 unspecified atom stereocenters. The predicted molar refractivity (Wildman–Crippen MR) is 88.2 cm³/mol. The SMILES string of the molecule is CCCCc1ccc(COC(=O)C(CC)CCCC)cc1. The topological polar surface area (TPSA) is 26.3 Å². The molecule has 0 saturated heterocycles. The Morgan fingerprint density at radius 1 is 1.00 bits per heavy atom. The minimum Gasteiger partial charge on any atom is -0.461 e. The molecule has 21 heavy (non-hydrogen) atoms. The highest BCUT2D eigenvalue weighted by atomic mass is 16.5. The van der Waals surface area contributed by atoms with Crippen LogP contribution in [0.25, 0.3) is 0 Å². The first-order valence-electron chi connectivity index (χ1n) is 8.45. The Labute approximate surface area is 129 Å². The van der Waals surface area contributed by atoms with Gasteiger partial charge in [0.2, 0.25) is 0 Å². The van der Waals surface area contributed by atoms with Crippen LogP contribution >= 0.6 is 0 Å². The molecule has 0 saturated carbocycles. The fourth-order valence-electron chi connectivity index (χ4n) is 2.39. The molecule has 0 amide bonds. The minimum absolute atomic E-state index is 0.0407. The molecule has 0 aromatic heterocycles. The number of aryl methyl sites for hydroxylation is 1. The molecular weight excluding hydrogens is 260 g/mol. The van der Waals surface area contributed by atoms with Crippen molar-refractivity contribution in [3.05, 3.63) is 35.4 Å². The average molecular weight is 290 g/mol. The van der Waals surface area contributed by atoms with Crippen molar-refractivity contribution in [1.29, 1.82) is 0 Å². The fraction of sp³-hybridized carbons (Fsp3) is 0.632. The van der Waals surface area contributed by atoms with Crippen molar-refractivity contribution in [3.63, 3.8) is 0 Å². The van der Waals surface area contributed by atoms with Crippen molar-refractivity contribution >= 4 is 5.97 Å². The lowest BCUT2D eigenvalue weighted by Gasteiger charge is -2.14. The summed E-state index contributed by atoms with van der Waals surface area (Å²) in [6.07, 6.45) is 7.62. The molecule has 118 valence electrons. The molecule has 2 heteroatoms. The number of esters is 1. The van der Waals surface area contributed by atoms with Gasteiger partial charge in [0, 0.05) is 0 Å². The van der Waals surface area contributed by atoms with Crippen LogP contribution in [0.5, 0.6) is 0 Å². The van der Waals surface area contributed by atoms with Gasteiger partial charge in [-0.25, -0.2) is 0 Å². The number of carbonyl (C=O) groups excluding carboxylic acids is 1. The summed E-state index contributed by atoms with van der Waals surface area (Å²) in [4.78, 5) is 12.0. The summed E-state index contributed by atoms with van der Waals surface area (Å²) < 4.78 is 5.46. The molecule has 0 heterocycles. The molecule has 0 aliphatic carbocycles. The molecule has 2 nitrogen and oxygen atoms in total. The van der Waals surface area contributed by atoms with Crippen molar-refractivity contribution in [3.8, 4) is 0 Å². The van der Waals surface area contributed by atoms with Gasteiger partial charge in [0.1, 0.15) is 6.61 Å². The highest BCUT2D eigenvalue weighted by Crippen LogP contribution is 2.16. The summed E-state index contributed by atoms with van der Waals surface area (Å²) in [5.41, 5.74) is 2.44. The zero-order valence-electron chi connectivity index (χ0n) is 13.9. The normalized spacial score (nSPS) is 12.1. The Morgan fingerprint density at radius 2 is 1.62 bits per heavy atom. The summed E-state index contributed by atoms with van der Waals surface area (Å²) in [7, 11) is 0. The molecule has 1 aromatic rings. The molecule has 0 aliphatic rings. The number of rotatable bonds is 10. The molecule has 1 aromatic carbocycles. The standard InChI is InChI=1S/C19H30O2/c1-4-7-9-16-11-13-17(14-12-16)15-21-19(20)18(6-3)10-8-5-2/h11-14,18H,4-10,15H2,1-3H3. The number of hydrogen-bond acceptors (Lipinski definition) is 2. The first-order valence-corrected chi connectivity index (χ1v) is 8.45. The molecular formula is C19H30O2. The van der Waals surface area contributed by atoms with E-state index >= 15 is 0 Å². The van der Waals surface area contributed by atoms with Crippen LogP contribution in [0, 0.1) is 5.92 Å². The van der Waals surface area contributed by atoms with Crippen LogP contribution in [0.4, 0.5) is 0 Å². The van der Waals surface area contributed by atoms with Gasteiger partial charge in [-0.15, -0.1) is 0 Å².